The molecule has 0 spiro atoms. The van der Waals surface area contributed by atoms with Gasteiger partial charge in [0.2, 0.25) is 0 Å². The molecule has 0 saturated heterocycles. The van der Waals surface area contributed by atoms with Gasteiger partial charge in [-0.25, -0.2) is 9.97 Å². The zero-order chi connectivity index (χ0) is 11.5. The molecule has 1 aromatic rings. The summed E-state index contributed by atoms with van der Waals surface area (Å²) in [6.07, 6.45) is 3.68. The summed E-state index contributed by atoms with van der Waals surface area (Å²) < 4.78 is 0. The van der Waals surface area contributed by atoms with E-state index in [0.29, 0.717) is 12.0 Å². The Morgan fingerprint density at radius 2 is 2.19 bits per heavy atom. The van der Waals surface area contributed by atoms with Crippen molar-refractivity contribution in [1.29, 1.82) is 0 Å². The van der Waals surface area contributed by atoms with Crippen molar-refractivity contribution in [2.24, 2.45) is 5.92 Å². The largest absolute Gasteiger partial charge is 0.367 e. The Kier molecular flexibility index (Phi) is 3.64. The Bertz CT molecular complexity index is 347. The van der Waals surface area contributed by atoms with Crippen LogP contribution < -0.4 is 5.32 Å². The molecule has 2 unspecified atom stereocenters. The summed E-state index contributed by atoms with van der Waals surface area (Å²) in [6.45, 7) is 3.92. The Balaban J connectivity index is 2.08. The first-order valence-electron chi connectivity index (χ1n) is 5.84. The SMILES string of the molecule is Cc1cc(NC2CCCC2CCl)nc(C)n1. The second-order valence-electron chi connectivity index (χ2n) is 4.54. The molecule has 3 nitrogen and oxygen atoms in total. The van der Waals surface area contributed by atoms with Crippen LogP contribution in [0.15, 0.2) is 6.07 Å². The van der Waals surface area contributed by atoms with Crippen molar-refractivity contribution in [1.82, 2.24) is 9.97 Å². The Morgan fingerprint density at radius 1 is 1.38 bits per heavy atom. The van der Waals surface area contributed by atoms with Crippen molar-refractivity contribution in [3.63, 3.8) is 0 Å². The highest BCUT2D eigenvalue weighted by Gasteiger charge is 2.26. The van der Waals surface area contributed by atoms with E-state index in [2.05, 4.69) is 15.3 Å². The summed E-state index contributed by atoms with van der Waals surface area (Å²) in [5.74, 6) is 3.08. The number of anilines is 1. The predicted molar refractivity (Wildman–Crippen MR) is 67.0 cm³/mol. The molecular weight excluding hydrogens is 222 g/mol. The number of aryl methyl sites for hydroxylation is 2. The van der Waals surface area contributed by atoms with Gasteiger partial charge in [-0.1, -0.05) is 6.42 Å². The molecule has 1 aromatic heterocycles. The van der Waals surface area contributed by atoms with Crippen molar-refractivity contribution in [2.45, 2.75) is 39.2 Å². The number of hydrogen-bond donors (Lipinski definition) is 1. The van der Waals surface area contributed by atoms with Crippen molar-refractivity contribution in [3.8, 4) is 0 Å². The zero-order valence-electron chi connectivity index (χ0n) is 9.83. The lowest BCUT2D eigenvalue weighted by atomic mass is 10.1. The molecule has 88 valence electrons. The van der Waals surface area contributed by atoms with Crippen molar-refractivity contribution < 1.29 is 0 Å². The van der Waals surface area contributed by atoms with Crippen LogP contribution in [0.2, 0.25) is 0 Å². The quantitative estimate of drug-likeness (QED) is 0.825. The summed E-state index contributed by atoms with van der Waals surface area (Å²) in [6, 6.07) is 2.47. The fraction of sp³-hybridized carbons (Fsp3) is 0.667. The Morgan fingerprint density at radius 3 is 2.88 bits per heavy atom. The van der Waals surface area contributed by atoms with Gasteiger partial charge in [0.25, 0.3) is 0 Å². The van der Waals surface area contributed by atoms with Crippen LogP contribution in [0, 0.1) is 19.8 Å². The third kappa shape index (κ3) is 2.64. The number of nitrogens with one attached hydrogen (secondary N) is 1. The van der Waals surface area contributed by atoms with Crippen LogP contribution in [-0.4, -0.2) is 21.9 Å². The van der Waals surface area contributed by atoms with Crippen molar-refractivity contribution in [2.75, 3.05) is 11.2 Å². The molecule has 0 amide bonds. The molecule has 2 atom stereocenters. The summed E-state index contributed by atoms with van der Waals surface area (Å²) >= 11 is 5.96. The van der Waals surface area contributed by atoms with E-state index < -0.39 is 0 Å². The van der Waals surface area contributed by atoms with E-state index in [4.69, 9.17) is 11.6 Å². The minimum Gasteiger partial charge on any atom is -0.367 e. The van der Waals surface area contributed by atoms with E-state index in [-0.39, 0.29) is 0 Å². The summed E-state index contributed by atoms with van der Waals surface area (Å²) in [5, 5.41) is 3.49. The van der Waals surface area contributed by atoms with E-state index in [1.54, 1.807) is 0 Å². The van der Waals surface area contributed by atoms with Crippen LogP contribution >= 0.6 is 11.6 Å². The van der Waals surface area contributed by atoms with Crippen LogP contribution in [0.1, 0.15) is 30.8 Å². The minimum absolute atomic E-state index is 0.478. The first-order valence-corrected chi connectivity index (χ1v) is 6.37. The van der Waals surface area contributed by atoms with Gasteiger partial charge in [-0.2, -0.15) is 0 Å². The maximum atomic E-state index is 5.96. The van der Waals surface area contributed by atoms with E-state index in [9.17, 15) is 0 Å². The third-order valence-corrected chi connectivity index (χ3v) is 3.55. The molecule has 1 N–H and O–H groups in total. The lowest BCUT2D eigenvalue weighted by Crippen LogP contribution is -2.25. The van der Waals surface area contributed by atoms with E-state index in [1.807, 2.05) is 19.9 Å². The van der Waals surface area contributed by atoms with E-state index in [1.165, 1.54) is 19.3 Å². The van der Waals surface area contributed by atoms with Crippen LogP contribution in [0.4, 0.5) is 5.82 Å². The first-order chi connectivity index (χ1) is 7.69. The summed E-state index contributed by atoms with van der Waals surface area (Å²) in [5.41, 5.74) is 1.01. The first kappa shape index (κ1) is 11.6. The van der Waals surface area contributed by atoms with Gasteiger partial charge >= 0.3 is 0 Å². The number of aromatic nitrogens is 2. The minimum atomic E-state index is 0.478. The van der Waals surface area contributed by atoms with Gasteiger partial charge in [-0.05, 0) is 32.6 Å². The predicted octanol–water partition coefficient (Wildman–Crippen LogP) is 2.91. The molecular formula is C12H18ClN3. The van der Waals surface area contributed by atoms with Crippen LogP contribution in [-0.2, 0) is 0 Å². The van der Waals surface area contributed by atoms with Crippen LogP contribution in [0.3, 0.4) is 0 Å². The second-order valence-corrected chi connectivity index (χ2v) is 4.85. The molecule has 4 heteroatoms. The van der Waals surface area contributed by atoms with Gasteiger partial charge in [-0.15, -0.1) is 11.6 Å². The summed E-state index contributed by atoms with van der Waals surface area (Å²) in [4.78, 5) is 8.67. The number of halogens is 1. The van der Waals surface area contributed by atoms with Crippen LogP contribution in [0.5, 0.6) is 0 Å². The van der Waals surface area contributed by atoms with Crippen molar-refractivity contribution in [3.05, 3.63) is 17.6 Å². The Hall–Kier alpha value is -0.830. The lowest BCUT2D eigenvalue weighted by Gasteiger charge is -2.19. The van der Waals surface area contributed by atoms with Gasteiger partial charge in [0.1, 0.15) is 11.6 Å². The highest BCUT2D eigenvalue weighted by Crippen LogP contribution is 2.29. The van der Waals surface area contributed by atoms with Gasteiger partial charge in [0.05, 0.1) is 0 Å². The molecule has 0 radical (unpaired) electrons. The third-order valence-electron chi connectivity index (χ3n) is 3.16. The fourth-order valence-corrected chi connectivity index (χ4v) is 2.76. The topological polar surface area (TPSA) is 37.8 Å². The number of hydrogen-bond acceptors (Lipinski definition) is 3. The van der Waals surface area contributed by atoms with Gasteiger partial charge < -0.3 is 5.32 Å². The molecule has 2 rings (SSSR count). The average Bonchev–Trinajstić information content (AvgIpc) is 2.63. The van der Waals surface area contributed by atoms with Crippen molar-refractivity contribution >= 4 is 17.4 Å². The molecule has 0 aliphatic heterocycles. The fourth-order valence-electron chi connectivity index (χ4n) is 2.39. The average molecular weight is 240 g/mol. The van der Waals surface area contributed by atoms with Gasteiger partial charge in [-0.3, -0.25) is 0 Å². The Labute approximate surface area is 102 Å². The maximum Gasteiger partial charge on any atom is 0.130 e. The molecule has 1 aliphatic rings. The molecule has 1 aliphatic carbocycles. The molecule has 1 heterocycles. The summed E-state index contributed by atoms with van der Waals surface area (Å²) in [7, 11) is 0. The molecule has 1 fully saturated rings. The molecule has 0 aromatic carbocycles. The number of alkyl halides is 1. The normalized spacial score (nSPS) is 24.7. The monoisotopic (exact) mass is 239 g/mol. The van der Waals surface area contributed by atoms with Gasteiger partial charge in [0, 0.05) is 23.7 Å². The van der Waals surface area contributed by atoms with Gasteiger partial charge in [0.15, 0.2) is 0 Å². The molecule has 1 saturated carbocycles. The lowest BCUT2D eigenvalue weighted by molar-refractivity contribution is 0.560. The highest BCUT2D eigenvalue weighted by molar-refractivity contribution is 6.18. The molecule has 16 heavy (non-hydrogen) atoms. The number of nitrogens with zero attached hydrogens (tertiary/aromatic N) is 2. The number of rotatable bonds is 3. The smallest absolute Gasteiger partial charge is 0.130 e. The van der Waals surface area contributed by atoms with E-state index in [0.717, 1.165) is 23.2 Å². The second kappa shape index (κ2) is 5.00. The highest BCUT2D eigenvalue weighted by atomic mass is 35.5. The van der Waals surface area contributed by atoms with E-state index >= 15 is 0 Å². The maximum absolute atomic E-state index is 5.96. The zero-order valence-corrected chi connectivity index (χ0v) is 10.6. The standard InChI is InChI=1S/C12H18ClN3/c1-8-6-12(15-9(2)14-8)16-11-5-3-4-10(11)7-13/h6,10-11H,3-5,7H2,1-2H3,(H,14,15,16). The molecule has 0 bridgehead atoms. The van der Waals surface area contributed by atoms with Crippen LogP contribution in [0.25, 0.3) is 0 Å².